The van der Waals surface area contributed by atoms with Gasteiger partial charge in [0.1, 0.15) is 23.9 Å². The highest BCUT2D eigenvalue weighted by molar-refractivity contribution is 6.10. The van der Waals surface area contributed by atoms with Gasteiger partial charge in [-0.1, -0.05) is 50.3 Å². The van der Waals surface area contributed by atoms with Gasteiger partial charge in [-0.2, -0.15) is 0 Å². The van der Waals surface area contributed by atoms with Gasteiger partial charge in [0, 0.05) is 27.5 Å². The maximum absolute atomic E-state index is 12.0. The third kappa shape index (κ3) is 4.66. The molecule has 7 rings (SSSR count). The van der Waals surface area contributed by atoms with Gasteiger partial charge < -0.3 is 33.9 Å². The smallest absolute Gasteiger partial charge is 0.335 e. The molecule has 0 radical (unpaired) electrons. The Morgan fingerprint density at radius 1 is 0.792 bits per heavy atom. The van der Waals surface area contributed by atoms with E-state index in [1.165, 1.54) is 0 Å². The van der Waals surface area contributed by atoms with Gasteiger partial charge in [-0.3, -0.25) is 0 Å². The zero-order valence-corrected chi connectivity index (χ0v) is 27.4. The molecule has 0 saturated heterocycles. The fourth-order valence-corrected chi connectivity index (χ4v) is 7.22. The first-order valence-electron chi connectivity index (χ1n) is 15.7. The van der Waals surface area contributed by atoms with E-state index in [0.717, 1.165) is 55.5 Å². The molecule has 0 aromatic heterocycles. The van der Waals surface area contributed by atoms with Gasteiger partial charge >= 0.3 is 5.97 Å². The van der Waals surface area contributed by atoms with Crippen molar-refractivity contribution < 1.29 is 38.7 Å². The molecule has 5 aromatic carbocycles. The SMILES string of the molecule is COc1ccc(C2(c3ccc(OCCO)cc3)C=Cc3c4c(c5cc(OC)c(OC)cc5c3O2)-c2ccc(C(=O)O)cc2C4(C)C)cc1. The van der Waals surface area contributed by atoms with Crippen LogP contribution >= 0.6 is 0 Å². The number of carboxylic acid groups (broad SMARTS) is 1. The van der Waals surface area contributed by atoms with Gasteiger partial charge in [-0.25, -0.2) is 4.79 Å². The van der Waals surface area contributed by atoms with E-state index < -0.39 is 17.0 Å². The molecule has 0 fully saturated rings. The Morgan fingerprint density at radius 3 is 2.00 bits per heavy atom. The van der Waals surface area contributed by atoms with Crippen molar-refractivity contribution in [1.82, 2.24) is 0 Å². The van der Waals surface area contributed by atoms with Crippen molar-refractivity contribution in [3.63, 3.8) is 0 Å². The third-order valence-electron chi connectivity index (χ3n) is 9.55. The average Bonchev–Trinajstić information content (AvgIpc) is 3.36. The Bertz CT molecular complexity index is 2090. The van der Waals surface area contributed by atoms with Crippen molar-refractivity contribution in [2.45, 2.75) is 24.9 Å². The summed E-state index contributed by atoms with van der Waals surface area (Å²) in [6.07, 6.45) is 4.20. The van der Waals surface area contributed by atoms with Crippen LogP contribution in [0.5, 0.6) is 28.7 Å². The maximum atomic E-state index is 12.0. The third-order valence-corrected chi connectivity index (χ3v) is 9.55. The summed E-state index contributed by atoms with van der Waals surface area (Å²) < 4.78 is 30.1. The first-order chi connectivity index (χ1) is 23.2. The maximum Gasteiger partial charge on any atom is 0.335 e. The molecular formula is C40H36O8. The number of fused-ring (bicyclic) bond motifs is 8. The van der Waals surface area contributed by atoms with Gasteiger partial charge in [-0.05, 0) is 82.2 Å². The second-order valence-electron chi connectivity index (χ2n) is 12.4. The summed E-state index contributed by atoms with van der Waals surface area (Å²) in [4.78, 5) is 12.0. The lowest BCUT2D eigenvalue weighted by atomic mass is 9.76. The fraction of sp³-hybridized carbons (Fsp3) is 0.225. The van der Waals surface area contributed by atoms with E-state index >= 15 is 0 Å². The van der Waals surface area contributed by atoms with Gasteiger partial charge in [0.15, 0.2) is 17.1 Å². The molecule has 0 amide bonds. The van der Waals surface area contributed by atoms with Gasteiger partial charge in [0.2, 0.25) is 0 Å². The molecule has 8 heteroatoms. The predicted molar refractivity (Wildman–Crippen MR) is 184 cm³/mol. The summed E-state index contributed by atoms with van der Waals surface area (Å²) in [5, 5.41) is 20.9. The Balaban J connectivity index is 1.53. The van der Waals surface area contributed by atoms with Crippen molar-refractivity contribution in [2.24, 2.45) is 0 Å². The van der Waals surface area contributed by atoms with E-state index in [-0.39, 0.29) is 18.8 Å². The van der Waals surface area contributed by atoms with Crippen molar-refractivity contribution in [1.29, 1.82) is 0 Å². The Kier molecular flexibility index (Phi) is 7.56. The topological polar surface area (TPSA) is 104 Å². The quantitative estimate of drug-likeness (QED) is 0.169. The lowest BCUT2D eigenvalue weighted by Crippen LogP contribution is -2.35. The first kappa shape index (κ1) is 31.1. The molecule has 0 bridgehead atoms. The molecular weight excluding hydrogens is 608 g/mol. The summed E-state index contributed by atoms with van der Waals surface area (Å²) in [7, 11) is 4.86. The number of hydrogen-bond acceptors (Lipinski definition) is 7. The molecule has 2 aliphatic rings. The van der Waals surface area contributed by atoms with Crippen molar-refractivity contribution in [3.05, 3.63) is 118 Å². The lowest BCUT2D eigenvalue weighted by molar-refractivity contribution is 0.0696. The number of methoxy groups -OCH3 is 3. The highest BCUT2D eigenvalue weighted by Gasteiger charge is 2.45. The van der Waals surface area contributed by atoms with Crippen LogP contribution in [-0.2, 0) is 11.0 Å². The van der Waals surface area contributed by atoms with Crippen LogP contribution < -0.4 is 23.7 Å². The Labute approximate surface area is 278 Å². The number of hydrogen-bond donors (Lipinski definition) is 2. The van der Waals surface area contributed by atoms with Crippen LogP contribution in [0.1, 0.15) is 52.0 Å². The van der Waals surface area contributed by atoms with Gasteiger partial charge in [0.25, 0.3) is 0 Å². The van der Waals surface area contributed by atoms with Crippen LogP contribution in [0.2, 0.25) is 0 Å². The second kappa shape index (κ2) is 11.6. The van der Waals surface area contributed by atoms with E-state index in [2.05, 4.69) is 26.0 Å². The number of aliphatic hydroxyl groups is 1. The van der Waals surface area contributed by atoms with E-state index in [1.54, 1.807) is 33.5 Å². The summed E-state index contributed by atoms with van der Waals surface area (Å²) in [6, 6.07) is 24.8. The minimum absolute atomic E-state index is 0.0797. The number of benzene rings is 5. The molecule has 2 N–H and O–H groups in total. The number of aromatic carboxylic acids is 1. The predicted octanol–water partition coefficient (Wildman–Crippen LogP) is 7.59. The van der Waals surface area contributed by atoms with E-state index in [0.29, 0.717) is 23.0 Å². The van der Waals surface area contributed by atoms with E-state index in [1.807, 2.05) is 66.7 Å². The molecule has 1 unspecified atom stereocenters. The van der Waals surface area contributed by atoms with Crippen molar-refractivity contribution in [3.8, 4) is 39.9 Å². The summed E-state index contributed by atoms with van der Waals surface area (Å²) in [5.41, 5.74) is 5.26. The Morgan fingerprint density at radius 2 is 1.42 bits per heavy atom. The number of carbonyl (C=O) groups is 1. The van der Waals surface area contributed by atoms with Crippen LogP contribution in [0.3, 0.4) is 0 Å². The molecule has 1 aliphatic carbocycles. The first-order valence-corrected chi connectivity index (χ1v) is 15.7. The Hall–Kier alpha value is -5.47. The fourth-order valence-electron chi connectivity index (χ4n) is 7.22. The van der Waals surface area contributed by atoms with Crippen LogP contribution in [0, 0.1) is 0 Å². The summed E-state index contributed by atoms with van der Waals surface area (Å²) >= 11 is 0. The van der Waals surface area contributed by atoms with Crippen LogP contribution in [0.25, 0.3) is 28.0 Å². The highest BCUT2D eigenvalue weighted by Crippen LogP contribution is 2.59. The molecule has 1 aliphatic heterocycles. The molecule has 8 nitrogen and oxygen atoms in total. The number of aliphatic hydroxyl groups excluding tert-OH is 1. The number of rotatable bonds is 9. The number of carboxylic acids is 1. The van der Waals surface area contributed by atoms with Crippen LogP contribution in [0.15, 0.2) is 84.9 Å². The molecule has 5 aromatic rings. The minimum Gasteiger partial charge on any atom is -0.497 e. The molecule has 1 heterocycles. The monoisotopic (exact) mass is 644 g/mol. The van der Waals surface area contributed by atoms with Gasteiger partial charge in [0.05, 0.1) is 33.5 Å². The second-order valence-corrected chi connectivity index (χ2v) is 12.4. The summed E-state index contributed by atoms with van der Waals surface area (Å²) in [6.45, 7) is 4.37. The van der Waals surface area contributed by atoms with Crippen molar-refractivity contribution >= 4 is 22.8 Å². The lowest BCUT2D eigenvalue weighted by Gasteiger charge is -2.38. The molecule has 48 heavy (non-hydrogen) atoms. The largest absolute Gasteiger partial charge is 0.497 e. The molecule has 0 spiro atoms. The molecule has 244 valence electrons. The normalized spacial score (nSPS) is 16.8. The van der Waals surface area contributed by atoms with E-state index in [4.69, 9.17) is 23.7 Å². The van der Waals surface area contributed by atoms with Crippen LogP contribution in [-0.4, -0.2) is 50.7 Å². The average molecular weight is 645 g/mol. The van der Waals surface area contributed by atoms with Gasteiger partial charge in [-0.15, -0.1) is 0 Å². The van der Waals surface area contributed by atoms with E-state index in [9.17, 15) is 15.0 Å². The van der Waals surface area contributed by atoms with Crippen LogP contribution in [0.4, 0.5) is 0 Å². The zero-order valence-electron chi connectivity index (χ0n) is 27.4. The molecule has 1 atom stereocenters. The highest BCUT2D eigenvalue weighted by atomic mass is 16.5. The minimum atomic E-state index is -1.05. The molecule has 0 saturated carbocycles. The summed E-state index contributed by atoms with van der Waals surface area (Å²) in [5.74, 6) is 2.20. The van der Waals surface area contributed by atoms with Crippen molar-refractivity contribution in [2.75, 3.05) is 34.5 Å². The zero-order chi connectivity index (χ0) is 33.8. The number of ether oxygens (including phenoxy) is 5. The standard InChI is InChI=1S/C40H36O8/c1-39(2)32-20-23(38(42)43)6-15-28(32)35-30-21-33(45-4)34(46-5)22-31(30)37-29(36(35)39)16-17-40(48-37,24-7-11-26(44-3)12-8-24)25-9-13-27(14-10-25)47-19-18-41/h6-17,20-22,41H,18-19H2,1-5H3,(H,42,43).